The van der Waals surface area contributed by atoms with Gasteiger partial charge in [-0.3, -0.25) is 4.79 Å². The summed E-state index contributed by atoms with van der Waals surface area (Å²) in [5.74, 6) is 7.30. The predicted molar refractivity (Wildman–Crippen MR) is 120 cm³/mol. The molecule has 0 aliphatic heterocycles. The molecule has 0 aliphatic rings. The van der Waals surface area contributed by atoms with Crippen LogP contribution in [0.25, 0.3) is 11.4 Å². The number of nitrogens with one attached hydrogen (secondary N) is 1. The van der Waals surface area contributed by atoms with Crippen LogP contribution in [0.15, 0.2) is 52.5 Å². The number of sulfonamides is 1. The van der Waals surface area contributed by atoms with Gasteiger partial charge in [-0.15, -0.1) is 10.2 Å². The highest BCUT2D eigenvalue weighted by Crippen LogP contribution is 2.32. The van der Waals surface area contributed by atoms with Crippen LogP contribution in [0.4, 0.5) is 5.69 Å². The number of anilines is 1. The van der Waals surface area contributed by atoms with Gasteiger partial charge in [0.1, 0.15) is 0 Å². The van der Waals surface area contributed by atoms with E-state index >= 15 is 0 Å². The number of hydrogen-bond donors (Lipinski definition) is 3. The van der Waals surface area contributed by atoms with Crippen molar-refractivity contribution in [3.8, 4) is 22.9 Å². The Morgan fingerprint density at radius 3 is 2.34 bits per heavy atom. The normalized spacial score (nSPS) is 12.2. The van der Waals surface area contributed by atoms with Crippen molar-refractivity contribution in [2.24, 2.45) is 5.14 Å². The maximum Gasteiger partial charge on any atom is 0.238 e. The molecule has 1 amide bonds. The van der Waals surface area contributed by atoms with Gasteiger partial charge in [-0.25, -0.2) is 18.2 Å². The van der Waals surface area contributed by atoms with Gasteiger partial charge in [0, 0.05) is 11.3 Å². The lowest BCUT2D eigenvalue weighted by Crippen LogP contribution is -2.23. The topological polar surface area (TPSA) is 164 Å². The molecular formula is C19H22N6O5S2. The number of benzene rings is 2. The number of carbonyl (C=O) groups excluding carboxylic acids is 1. The van der Waals surface area contributed by atoms with E-state index in [0.717, 1.165) is 11.8 Å². The van der Waals surface area contributed by atoms with Crippen molar-refractivity contribution in [3.63, 3.8) is 0 Å². The van der Waals surface area contributed by atoms with Crippen molar-refractivity contribution in [1.29, 1.82) is 0 Å². The Hall–Kier alpha value is -3.29. The molecule has 0 spiro atoms. The molecule has 1 unspecified atom stereocenters. The van der Waals surface area contributed by atoms with E-state index in [2.05, 4.69) is 15.5 Å². The molecule has 0 bridgehead atoms. The van der Waals surface area contributed by atoms with Crippen molar-refractivity contribution >= 4 is 33.4 Å². The van der Waals surface area contributed by atoms with E-state index < -0.39 is 15.3 Å². The number of ether oxygens (including phenoxy) is 2. The second-order valence-corrected chi connectivity index (χ2v) is 9.43. The fourth-order valence-electron chi connectivity index (χ4n) is 2.71. The molecule has 0 aliphatic carbocycles. The summed E-state index contributed by atoms with van der Waals surface area (Å²) in [6.45, 7) is 1.68. The van der Waals surface area contributed by atoms with Crippen molar-refractivity contribution in [1.82, 2.24) is 14.9 Å². The van der Waals surface area contributed by atoms with E-state index in [9.17, 15) is 13.2 Å². The summed E-state index contributed by atoms with van der Waals surface area (Å²) in [6, 6.07) is 10.8. The second-order valence-electron chi connectivity index (χ2n) is 6.56. The molecule has 3 rings (SSSR count). The Labute approximate surface area is 189 Å². The minimum Gasteiger partial charge on any atom is -0.493 e. The molecule has 1 heterocycles. The third-order valence-electron chi connectivity index (χ3n) is 4.41. The van der Waals surface area contributed by atoms with Crippen molar-refractivity contribution in [2.45, 2.75) is 22.2 Å². The van der Waals surface area contributed by atoms with Gasteiger partial charge in [0.25, 0.3) is 0 Å². The first-order valence-corrected chi connectivity index (χ1v) is 11.6. The Morgan fingerprint density at radius 2 is 1.75 bits per heavy atom. The van der Waals surface area contributed by atoms with Gasteiger partial charge in [-0.1, -0.05) is 11.8 Å². The van der Waals surface area contributed by atoms with Crippen LogP contribution >= 0.6 is 11.8 Å². The van der Waals surface area contributed by atoms with E-state index in [-0.39, 0.29) is 10.8 Å². The number of thioether (sulfide) groups is 1. The fraction of sp³-hybridized carbons (Fsp3) is 0.211. The quantitative estimate of drug-likeness (QED) is 0.321. The highest BCUT2D eigenvalue weighted by atomic mass is 32.2. The number of amides is 1. The molecule has 5 N–H and O–H groups in total. The third-order valence-corrected chi connectivity index (χ3v) is 6.39. The number of aromatic nitrogens is 3. The molecule has 0 fully saturated rings. The number of rotatable bonds is 8. The summed E-state index contributed by atoms with van der Waals surface area (Å²) in [4.78, 5) is 12.5. The summed E-state index contributed by atoms with van der Waals surface area (Å²) in [6.07, 6.45) is 0. The van der Waals surface area contributed by atoms with Gasteiger partial charge in [0.15, 0.2) is 17.3 Å². The summed E-state index contributed by atoms with van der Waals surface area (Å²) in [5.41, 5.74) is 1.09. The van der Waals surface area contributed by atoms with Crippen molar-refractivity contribution in [3.05, 3.63) is 42.5 Å². The smallest absolute Gasteiger partial charge is 0.238 e. The minimum atomic E-state index is -3.80. The molecular weight excluding hydrogens is 456 g/mol. The number of hydrogen-bond acceptors (Lipinski definition) is 9. The van der Waals surface area contributed by atoms with Crippen molar-refractivity contribution in [2.75, 3.05) is 25.4 Å². The molecule has 11 nitrogen and oxygen atoms in total. The molecule has 1 atom stereocenters. The highest BCUT2D eigenvalue weighted by Gasteiger charge is 2.21. The van der Waals surface area contributed by atoms with Crippen LogP contribution in [0.1, 0.15) is 6.92 Å². The van der Waals surface area contributed by atoms with Crippen LogP contribution in [-0.4, -0.2) is 48.7 Å². The lowest BCUT2D eigenvalue weighted by molar-refractivity contribution is -0.115. The zero-order valence-electron chi connectivity index (χ0n) is 17.5. The van der Waals surface area contributed by atoms with Crippen LogP contribution in [-0.2, 0) is 14.8 Å². The van der Waals surface area contributed by atoms with Gasteiger partial charge in [-0.05, 0) is 49.4 Å². The first kappa shape index (κ1) is 23.4. The molecule has 1 aromatic heterocycles. The number of nitrogens with two attached hydrogens (primary N) is 2. The maximum atomic E-state index is 12.5. The molecule has 0 radical (unpaired) electrons. The molecule has 13 heteroatoms. The van der Waals surface area contributed by atoms with Gasteiger partial charge in [-0.2, -0.15) is 0 Å². The Balaban J connectivity index is 1.71. The first-order chi connectivity index (χ1) is 15.1. The largest absolute Gasteiger partial charge is 0.493 e. The Morgan fingerprint density at radius 1 is 1.09 bits per heavy atom. The molecule has 170 valence electrons. The van der Waals surface area contributed by atoms with E-state index in [1.807, 2.05) is 0 Å². The maximum absolute atomic E-state index is 12.5. The van der Waals surface area contributed by atoms with Crippen LogP contribution in [0.5, 0.6) is 11.5 Å². The van der Waals surface area contributed by atoms with E-state index in [1.165, 1.54) is 36.1 Å². The van der Waals surface area contributed by atoms with Crippen LogP contribution in [0.3, 0.4) is 0 Å². The summed E-state index contributed by atoms with van der Waals surface area (Å²) in [5, 5.41) is 15.7. The second kappa shape index (κ2) is 9.46. The zero-order valence-corrected chi connectivity index (χ0v) is 19.1. The predicted octanol–water partition coefficient (Wildman–Crippen LogP) is 1.44. The third kappa shape index (κ3) is 5.12. The number of carbonyl (C=O) groups is 1. The molecule has 3 aromatic rings. The summed E-state index contributed by atoms with van der Waals surface area (Å²) < 4.78 is 34.5. The summed E-state index contributed by atoms with van der Waals surface area (Å²) in [7, 11) is -0.736. The molecule has 2 aromatic carbocycles. The van der Waals surface area contributed by atoms with Crippen molar-refractivity contribution < 1.29 is 22.7 Å². The van der Waals surface area contributed by atoms with E-state index in [0.29, 0.717) is 33.7 Å². The van der Waals surface area contributed by atoms with E-state index in [4.69, 9.17) is 20.5 Å². The number of methoxy groups -OCH3 is 2. The summed E-state index contributed by atoms with van der Waals surface area (Å²) >= 11 is 1.12. The molecule has 0 saturated carbocycles. The Kier molecular flexibility index (Phi) is 6.91. The number of nitrogens with zero attached hydrogens (tertiary/aromatic N) is 3. The van der Waals surface area contributed by atoms with E-state index in [1.54, 1.807) is 32.2 Å². The van der Waals surface area contributed by atoms with Gasteiger partial charge in [0.2, 0.25) is 21.1 Å². The number of primary sulfonamides is 1. The lowest BCUT2D eigenvalue weighted by Gasteiger charge is -2.12. The lowest BCUT2D eigenvalue weighted by atomic mass is 10.2. The first-order valence-electron chi connectivity index (χ1n) is 9.17. The monoisotopic (exact) mass is 478 g/mol. The average Bonchev–Trinajstić information content (AvgIpc) is 3.12. The van der Waals surface area contributed by atoms with Gasteiger partial charge >= 0.3 is 0 Å². The minimum absolute atomic E-state index is 0.0446. The average molecular weight is 479 g/mol. The standard InChI is InChI=1S/C19H22N6O5S2/c1-11(18(26)22-13-5-7-14(8-6-13)32(21,27)28)31-19-24-23-17(25(19)20)12-4-9-15(29-2)16(10-12)30-3/h4-11H,20H2,1-3H3,(H,22,26)(H2,21,27,28). The number of nitrogen functional groups attached to an aromatic ring is 1. The van der Waals surface area contributed by atoms with Gasteiger partial charge in [0.05, 0.1) is 24.4 Å². The zero-order chi connectivity index (χ0) is 23.5. The fourth-order valence-corrected chi connectivity index (χ4v) is 4.00. The van der Waals surface area contributed by atoms with Crippen LogP contribution in [0, 0.1) is 0 Å². The van der Waals surface area contributed by atoms with Crippen LogP contribution < -0.4 is 25.8 Å². The highest BCUT2D eigenvalue weighted by molar-refractivity contribution is 8.00. The Bertz CT molecular complexity index is 1230. The van der Waals surface area contributed by atoms with Crippen LogP contribution in [0.2, 0.25) is 0 Å². The molecule has 0 saturated heterocycles. The molecule has 32 heavy (non-hydrogen) atoms. The van der Waals surface area contributed by atoms with Gasteiger partial charge < -0.3 is 20.6 Å². The SMILES string of the molecule is COc1ccc(-c2nnc(SC(C)C(=O)Nc3ccc(S(N)(=O)=O)cc3)n2N)cc1OC.